The van der Waals surface area contributed by atoms with Gasteiger partial charge in [-0.25, -0.2) is 0 Å². The van der Waals surface area contributed by atoms with Gasteiger partial charge in [-0.2, -0.15) is 0 Å². The van der Waals surface area contributed by atoms with Crippen LogP contribution in [-0.4, -0.2) is 36.5 Å². The van der Waals surface area contributed by atoms with E-state index >= 15 is 0 Å². The Labute approximate surface area is 98.3 Å². The zero-order valence-corrected chi connectivity index (χ0v) is 10.3. The summed E-state index contributed by atoms with van der Waals surface area (Å²) in [5.74, 6) is 0.295. The average molecular weight is 227 g/mol. The van der Waals surface area contributed by atoms with Gasteiger partial charge in [0.1, 0.15) is 0 Å². The van der Waals surface area contributed by atoms with Gasteiger partial charge in [0.05, 0.1) is 6.54 Å². The molecule has 16 heavy (non-hydrogen) atoms. The van der Waals surface area contributed by atoms with Crippen LogP contribution in [0.1, 0.15) is 39.0 Å². The Morgan fingerprint density at radius 3 is 2.56 bits per heavy atom. The summed E-state index contributed by atoms with van der Waals surface area (Å²) in [7, 11) is 0. The van der Waals surface area contributed by atoms with E-state index in [9.17, 15) is 4.79 Å². The molecule has 1 aliphatic carbocycles. The molecule has 0 aromatic carbocycles. The van der Waals surface area contributed by atoms with Gasteiger partial charge in [-0.1, -0.05) is 26.2 Å². The van der Waals surface area contributed by atoms with E-state index in [0.717, 1.165) is 19.5 Å². The highest BCUT2D eigenvalue weighted by Crippen LogP contribution is 2.26. The predicted octanol–water partition coefficient (Wildman–Crippen LogP) is 0.701. The molecule has 1 saturated carbocycles. The first-order valence-corrected chi connectivity index (χ1v) is 6.41. The van der Waals surface area contributed by atoms with Crippen molar-refractivity contribution < 1.29 is 4.79 Å². The van der Waals surface area contributed by atoms with E-state index < -0.39 is 0 Å². The standard InChI is InChI=1S/C12H25N3O/c1-2-15(9-12(14)16)11-7-5-3-4-6-10(11)8-13/h10-11H,2-9,13H2,1H3,(H2,14,16). The van der Waals surface area contributed by atoms with Crippen LogP contribution in [0.25, 0.3) is 0 Å². The number of nitrogens with two attached hydrogens (primary N) is 2. The third-order valence-corrected chi connectivity index (χ3v) is 3.66. The van der Waals surface area contributed by atoms with Gasteiger partial charge in [-0.3, -0.25) is 9.69 Å². The van der Waals surface area contributed by atoms with Crippen molar-refractivity contribution in [2.24, 2.45) is 17.4 Å². The van der Waals surface area contributed by atoms with Crippen LogP contribution < -0.4 is 11.5 Å². The number of hydrogen-bond donors (Lipinski definition) is 2. The van der Waals surface area contributed by atoms with E-state index in [0.29, 0.717) is 18.5 Å². The SMILES string of the molecule is CCN(CC(N)=O)C1CCCCCC1CN. The molecule has 0 bridgehead atoms. The van der Waals surface area contributed by atoms with Crippen LogP contribution in [0.3, 0.4) is 0 Å². The molecule has 4 heteroatoms. The maximum atomic E-state index is 11.0. The molecule has 1 amide bonds. The Bertz CT molecular complexity index is 220. The molecule has 0 aromatic rings. The van der Waals surface area contributed by atoms with Crippen molar-refractivity contribution in [2.45, 2.75) is 45.1 Å². The van der Waals surface area contributed by atoms with Gasteiger partial charge >= 0.3 is 0 Å². The van der Waals surface area contributed by atoms with E-state index in [1.54, 1.807) is 0 Å². The molecule has 1 fully saturated rings. The Balaban J connectivity index is 2.65. The molecule has 0 spiro atoms. The second kappa shape index (κ2) is 6.86. The van der Waals surface area contributed by atoms with E-state index in [1.807, 2.05) is 0 Å². The highest BCUT2D eigenvalue weighted by molar-refractivity contribution is 5.75. The zero-order chi connectivity index (χ0) is 12.0. The number of hydrogen-bond acceptors (Lipinski definition) is 3. The zero-order valence-electron chi connectivity index (χ0n) is 10.3. The van der Waals surface area contributed by atoms with Crippen molar-refractivity contribution in [3.63, 3.8) is 0 Å². The summed E-state index contributed by atoms with van der Waals surface area (Å²) in [5, 5.41) is 0. The van der Waals surface area contributed by atoms with Gasteiger partial charge in [0, 0.05) is 6.04 Å². The van der Waals surface area contributed by atoms with E-state index in [4.69, 9.17) is 11.5 Å². The first-order chi connectivity index (χ1) is 7.69. The van der Waals surface area contributed by atoms with E-state index in [2.05, 4.69) is 11.8 Å². The van der Waals surface area contributed by atoms with Gasteiger partial charge in [-0.05, 0) is 31.8 Å². The minimum atomic E-state index is -0.234. The Hall–Kier alpha value is -0.610. The number of primary amides is 1. The lowest BCUT2D eigenvalue weighted by Crippen LogP contribution is -2.46. The topological polar surface area (TPSA) is 72.3 Å². The molecule has 2 atom stereocenters. The molecule has 94 valence electrons. The molecule has 1 aliphatic rings. The smallest absolute Gasteiger partial charge is 0.231 e. The molecule has 0 saturated heterocycles. The van der Waals surface area contributed by atoms with E-state index in [-0.39, 0.29) is 5.91 Å². The molecule has 2 unspecified atom stereocenters. The third-order valence-electron chi connectivity index (χ3n) is 3.66. The Kier molecular flexibility index (Phi) is 5.77. The van der Waals surface area contributed by atoms with Crippen LogP contribution >= 0.6 is 0 Å². The van der Waals surface area contributed by atoms with Gasteiger partial charge in [-0.15, -0.1) is 0 Å². The molecule has 0 heterocycles. The van der Waals surface area contributed by atoms with Gasteiger partial charge in [0.15, 0.2) is 0 Å². The molecule has 0 aromatic heterocycles. The lowest BCUT2D eigenvalue weighted by molar-refractivity contribution is -0.120. The van der Waals surface area contributed by atoms with E-state index in [1.165, 1.54) is 25.7 Å². The minimum absolute atomic E-state index is 0.234. The van der Waals surface area contributed by atoms with Crippen LogP contribution in [0.15, 0.2) is 0 Å². The highest BCUT2D eigenvalue weighted by Gasteiger charge is 2.27. The summed E-state index contributed by atoms with van der Waals surface area (Å²) in [6, 6.07) is 0.449. The number of nitrogens with zero attached hydrogens (tertiary/aromatic N) is 1. The van der Waals surface area contributed by atoms with Crippen molar-refractivity contribution in [3.05, 3.63) is 0 Å². The van der Waals surface area contributed by atoms with Gasteiger partial charge in [0.25, 0.3) is 0 Å². The average Bonchev–Trinajstić information content (AvgIpc) is 2.50. The predicted molar refractivity (Wildman–Crippen MR) is 65.9 cm³/mol. The lowest BCUT2D eigenvalue weighted by Gasteiger charge is -2.34. The monoisotopic (exact) mass is 227 g/mol. The molecule has 0 radical (unpaired) electrons. The number of likely N-dealkylation sites (N-methyl/N-ethyl adjacent to an activating group) is 1. The molecular weight excluding hydrogens is 202 g/mol. The minimum Gasteiger partial charge on any atom is -0.369 e. The molecule has 1 rings (SSSR count). The number of amides is 1. The van der Waals surface area contributed by atoms with Crippen molar-refractivity contribution >= 4 is 5.91 Å². The third kappa shape index (κ3) is 3.76. The lowest BCUT2D eigenvalue weighted by atomic mass is 9.93. The summed E-state index contributed by atoms with van der Waals surface area (Å²) in [6.45, 7) is 4.06. The second-order valence-electron chi connectivity index (χ2n) is 4.73. The Morgan fingerprint density at radius 2 is 2.00 bits per heavy atom. The summed E-state index contributed by atoms with van der Waals surface area (Å²) < 4.78 is 0. The first-order valence-electron chi connectivity index (χ1n) is 6.41. The first kappa shape index (κ1) is 13.5. The Morgan fingerprint density at radius 1 is 1.31 bits per heavy atom. The van der Waals surface area contributed by atoms with Crippen LogP contribution in [0.2, 0.25) is 0 Å². The summed E-state index contributed by atoms with van der Waals surface area (Å²) in [4.78, 5) is 13.2. The van der Waals surface area contributed by atoms with Crippen molar-refractivity contribution in [1.82, 2.24) is 4.90 Å². The van der Waals surface area contributed by atoms with Crippen molar-refractivity contribution in [1.29, 1.82) is 0 Å². The fraction of sp³-hybridized carbons (Fsp3) is 0.917. The molecule has 4 nitrogen and oxygen atoms in total. The number of carbonyl (C=O) groups is 1. The van der Waals surface area contributed by atoms with Crippen LogP contribution in [-0.2, 0) is 4.79 Å². The molecule has 4 N–H and O–H groups in total. The fourth-order valence-electron chi connectivity index (χ4n) is 2.78. The normalized spacial score (nSPS) is 26.7. The van der Waals surface area contributed by atoms with Crippen LogP contribution in [0, 0.1) is 5.92 Å². The highest BCUT2D eigenvalue weighted by atomic mass is 16.1. The summed E-state index contributed by atoms with van der Waals surface area (Å²) in [6.07, 6.45) is 6.16. The summed E-state index contributed by atoms with van der Waals surface area (Å²) >= 11 is 0. The van der Waals surface area contributed by atoms with Gasteiger partial charge in [0.2, 0.25) is 5.91 Å². The fourth-order valence-corrected chi connectivity index (χ4v) is 2.78. The van der Waals surface area contributed by atoms with Crippen molar-refractivity contribution in [3.8, 4) is 0 Å². The number of rotatable bonds is 5. The number of carbonyl (C=O) groups excluding carboxylic acids is 1. The van der Waals surface area contributed by atoms with Crippen LogP contribution in [0.5, 0.6) is 0 Å². The summed E-state index contributed by atoms with van der Waals surface area (Å²) in [5.41, 5.74) is 11.1. The second-order valence-corrected chi connectivity index (χ2v) is 4.73. The largest absolute Gasteiger partial charge is 0.369 e. The maximum absolute atomic E-state index is 11.0. The molecular formula is C12H25N3O. The quantitative estimate of drug-likeness (QED) is 0.679. The van der Waals surface area contributed by atoms with Crippen molar-refractivity contribution in [2.75, 3.05) is 19.6 Å². The van der Waals surface area contributed by atoms with Crippen LogP contribution in [0.4, 0.5) is 0 Å². The molecule has 0 aliphatic heterocycles. The van der Waals surface area contributed by atoms with Gasteiger partial charge < -0.3 is 11.5 Å². The maximum Gasteiger partial charge on any atom is 0.231 e.